The van der Waals surface area contributed by atoms with E-state index >= 15 is 0 Å². The summed E-state index contributed by atoms with van der Waals surface area (Å²) in [5, 5.41) is 1.82. The first-order chi connectivity index (χ1) is 8.79. The van der Waals surface area contributed by atoms with Gasteiger partial charge in [0.2, 0.25) is 0 Å². The van der Waals surface area contributed by atoms with Gasteiger partial charge in [0.1, 0.15) is 5.75 Å². The Hall–Kier alpha value is -2.05. The van der Waals surface area contributed by atoms with E-state index in [1.165, 1.54) is 32.2 Å². The first kappa shape index (κ1) is 15.0. The fourth-order valence-electron chi connectivity index (χ4n) is 1.46. The van der Waals surface area contributed by atoms with Crippen LogP contribution in [-0.2, 0) is 4.79 Å². The molecule has 0 saturated carbocycles. The number of ether oxygens (including phenoxy) is 1. The molecule has 1 aromatic carbocycles. The van der Waals surface area contributed by atoms with Crippen molar-refractivity contribution in [1.82, 2.24) is 5.32 Å². The minimum absolute atomic E-state index is 0.237. The third-order valence-corrected chi connectivity index (χ3v) is 2.49. The number of benzene rings is 1. The first-order valence-electron chi connectivity index (χ1n) is 5.30. The largest absolute Gasteiger partial charge is 0.496 e. The Balaban J connectivity index is 2.92. The molecule has 1 rings (SSSR count). The summed E-state index contributed by atoms with van der Waals surface area (Å²) in [6.07, 6.45) is -4.36. The number of hydrogen-bond donors (Lipinski definition) is 1. The van der Waals surface area contributed by atoms with Crippen molar-refractivity contribution in [3.05, 3.63) is 29.3 Å². The first-order valence-corrected chi connectivity index (χ1v) is 5.30. The molecule has 0 fully saturated rings. The van der Waals surface area contributed by atoms with Crippen LogP contribution in [0.25, 0.3) is 0 Å². The Morgan fingerprint density at radius 1 is 1.42 bits per heavy atom. The molecule has 0 bridgehead atoms. The predicted octanol–water partition coefficient (Wildman–Crippen LogP) is 2.25. The maximum Gasteiger partial charge on any atom is 0.471 e. The van der Waals surface area contributed by atoms with Crippen LogP contribution in [0.2, 0.25) is 0 Å². The molecule has 0 aliphatic carbocycles. The Labute approximate surface area is 107 Å². The summed E-state index contributed by atoms with van der Waals surface area (Å²) >= 11 is 0. The average molecular weight is 275 g/mol. The summed E-state index contributed by atoms with van der Waals surface area (Å²) in [5.41, 5.74) is 0.681. The summed E-state index contributed by atoms with van der Waals surface area (Å²) in [4.78, 5) is 21.5. The summed E-state index contributed by atoms with van der Waals surface area (Å²) < 4.78 is 41.3. The zero-order valence-corrected chi connectivity index (χ0v) is 10.2. The molecule has 1 aromatic rings. The van der Waals surface area contributed by atoms with Crippen LogP contribution in [0, 0.1) is 0 Å². The molecule has 104 valence electrons. The maximum absolute atomic E-state index is 12.1. The van der Waals surface area contributed by atoms with Gasteiger partial charge >= 0.3 is 12.1 Å². The monoisotopic (exact) mass is 275 g/mol. The number of carbonyl (C=O) groups excluding carboxylic acids is 2. The van der Waals surface area contributed by atoms with Crippen molar-refractivity contribution in [2.75, 3.05) is 7.11 Å². The number of halogens is 3. The number of amides is 1. The molecular weight excluding hydrogens is 263 g/mol. The second-order valence-electron chi connectivity index (χ2n) is 3.81. The second kappa shape index (κ2) is 5.73. The van der Waals surface area contributed by atoms with Gasteiger partial charge in [0.25, 0.3) is 0 Å². The van der Waals surface area contributed by atoms with E-state index in [0.29, 0.717) is 11.8 Å². The molecule has 4 nitrogen and oxygen atoms in total. The molecule has 7 heteroatoms. The van der Waals surface area contributed by atoms with E-state index in [9.17, 15) is 22.8 Å². The van der Waals surface area contributed by atoms with Crippen LogP contribution in [0.1, 0.15) is 28.9 Å². The highest BCUT2D eigenvalue weighted by Crippen LogP contribution is 2.24. The quantitative estimate of drug-likeness (QED) is 0.857. The van der Waals surface area contributed by atoms with Crippen LogP contribution in [0.4, 0.5) is 13.2 Å². The average Bonchev–Trinajstić information content (AvgIpc) is 2.36. The highest BCUT2D eigenvalue weighted by Gasteiger charge is 2.39. The van der Waals surface area contributed by atoms with E-state index in [0.717, 1.165) is 0 Å². The Morgan fingerprint density at radius 2 is 2.05 bits per heavy atom. The van der Waals surface area contributed by atoms with Gasteiger partial charge in [-0.3, -0.25) is 9.59 Å². The Morgan fingerprint density at radius 3 is 2.53 bits per heavy atom. The summed E-state index contributed by atoms with van der Waals surface area (Å²) in [6.45, 7) is 1.40. The molecule has 0 aliphatic heterocycles. The van der Waals surface area contributed by atoms with Gasteiger partial charge in [-0.1, -0.05) is 6.07 Å². The fourth-order valence-corrected chi connectivity index (χ4v) is 1.46. The molecule has 19 heavy (non-hydrogen) atoms. The minimum atomic E-state index is -4.93. The molecule has 0 unspecified atom stereocenters. The van der Waals surface area contributed by atoms with Crippen molar-refractivity contribution in [2.24, 2.45) is 0 Å². The normalized spacial score (nSPS) is 12.7. The van der Waals surface area contributed by atoms with Gasteiger partial charge in [0.15, 0.2) is 6.29 Å². The fraction of sp³-hybridized carbons (Fsp3) is 0.333. The lowest BCUT2D eigenvalue weighted by atomic mass is 10.1. The Kier molecular flexibility index (Phi) is 4.52. The van der Waals surface area contributed by atoms with Gasteiger partial charge in [0, 0.05) is 0 Å². The number of aldehydes is 1. The number of methoxy groups -OCH3 is 1. The third-order valence-electron chi connectivity index (χ3n) is 2.49. The third kappa shape index (κ3) is 3.70. The van der Waals surface area contributed by atoms with E-state index in [2.05, 4.69) is 0 Å². The van der Waals surface area contributed by atoms with Crippen LogP contribution in [0.3, 0.4) is 0 Å². The van der Waals surface area contributed by atoms with E-state index in [-0.39, 0.29) is 11.3 Å². The number of alkyl halides is 3. The van der Waals surface area contributed by atoms with Crippen molar-refractivity contribution in [1.29, 1.82) is 0 Å². The summed E-state index contributed by atoms with van der Waals surface area (Å²) in [7, 11) is 1.34. The lowest BCUT2D eigenvalue weighted by Gasteiger charge is -2.16. The van der Waals surface area contributed by atoms with Gasteiger partial charge in [-0.05, 0) is 24.6 Å². The molecule has 0 aromatic heterocycles. The number of nitrogens with one attached hydrogen (secondary N) is 1. The van der Waals surface area contributed by atoms with Crippen molar-refractivity contribution in [3.8, 4) is 5.75 Å². The summed E-state index contributed by atoms with van der Waals surface area (Å²) in [5.74, 6) is -1.78. The van der Waals surface area contributed by atoms with Crippen LogP contribution >= 0.6 is 0 Å². The molecule has 0 saturated heterocycles. The minimum Gasteiger partial charge on any atom is -0.496 e. The second-order valence-corrected chi connectivity index (χ2v) is 3.81. The summed E-state index contributed by atoms with van der Waals surface area (Å²) in [6, 6.07) is 3.42. The molecule has 1 atom stereocenters. The van der Waals surface area contributed by atoms with Gasteiger partial charge in [-0.2, -0.15) is 13.2 Å². The molecule has 0 spiro atoms. The smallest absolute Gasteiger partial charge is 0.471 e. The van der Waals surface area contributed by atoms with Crippen molar-refractivity contribution in [3.63, 3.8) is 0 Å². The van der Waals surface area contributed by atoms with Crippen molar-refractivity contribution in [2.45, 2.75) is 19.1 Å². The lowest BCUT2D eigenvalue weighted by molar-refractivity contribution is -0.174. The Bertz CT molecular complexity index is 486. The van der Waals surface area contributed by atoms with E-state index < -0.39 is 18.1 Å². The molecule has 1 N–H and O–H groups in total. The molecule has 0 heterocycles. The number of hydrogen-bond acceptors (Lipinski definition) is 3. The van der Waals surface area contributed by atoms with E-state index in [1.807, 2.05) is 5.32 Å². The maximum atomic E-state index is 12.1. The molecule has 0 aliphatic rings. The zero-order valence-electron chi connectivity index (χ0n) is 10.2. The van der Waals surface area contributed by atoms with Crippen LogP contribution < -0.4 is 10.1 Å². The van der Waals surface area contributed by atoms with Gasteiger partial charge in [0.05, 0.1) is 18.7 Å². The molecule has 0 radical (unpaired) electrons. The van der Waals surface area contributed by atoms with Gasteiger partial charge < -0.3 is 10.1 Å². The SMILES string of the molecule is COc1cc([C@@H](C)NC(=O)C(F)(F)F)ccc1C=O. The zero-order chi connectivity index (χ0) is 14.6. The number of carbonyl (C=O) groups is 2. The highest BCUT2D eigenvalue weighted by atomic mass is 19.4. The van der Waals surface area contributed by atoms with Gasteiger partial charge in [-0.25, -0.2) is 0 Å². The standard InChI is InChI=1S/C12H12F3NO3/c1-7(16-11(18)12(13,14)15)8-3-4-9(6-17)10(5-8)19-2/h3-7H,1-2H3,(H,16,18)/t7-/m1/s1. The highest BCUT2D eigenvalue weighted by molar-refractivity contribution is 5.82. The molecular formula is C12H12F3NO3. The van der Waals surface area contributed by atoms with Crippen LogP contribution in [0.5, 0.6) is 5.75 Å². The van der Waals surface area contributed by atoms with Gasteiger partial charge in [-0.15, -0.1) is 0 Å². The lowest BCUT2D eigenvalue weighted by Crippen LogP contribution is -2.38. The van der Waals surface area contributed by atoms with Crippen molar-refractivity contribution < 1.29 is 27.5 Å². The molecule has 1 amide bonds. The van der Waals surface area contributed by atoms with Crippen molar-refractivity contribution >= 4 is 12.2 Å². The van der Waals surface area contributed by atoms with E-state index in [4.69, 9.17) is 4.74 Å². The van der Waals surface area contributed by atoms with Crippen LogP contribution in [-0.4, -0.2) is 25.5 Å². The topological polar surface area (TPSA) is 55.4 Å². The predicted molar refractivity (Wildman–Crippen MR) is 61.0 cm³/mol. The van der Waals surface area contributed by atoms with Crippen LogP contribution in [0.15, 0.2) is 18.2 Å². The number of rotatable bonds is 4. The van der Waals surface area contributed by atoms with E-state index in [1.54, 1.807) is 0 Å².